The van der Waals surface area contributed by atoms with Crippen LogP contribution in [0.4, 0.5) is 4.39 Å². The number of hydrogen-bond donors (Lipinski definition) is 1. The predicted molar refractivity (Wildman–Crippen MR) is 270 cm³/mol. The quantitative estimate of drug-likeness (QED) is 0.0731. The van der Waals surface area contributed by atoms with Crippen molar-refractivity contribution in [3.63, 3.8) is 0 Å². The summed E-state index contributed by atoms with van der Waals surface area (Å²) in [5.74, 6) is 0.640. The highest BCUT2D eigenvalue weighted by Gasteiger charge is 2.29. The van der Waals surface area contributed by atoms with Crippen molar-refractivity contribution in [3.8, 4) is 30.6 Å². The highest BCUT2D eigenvalue weighted by atomic mass is 32.1. The minimum absolute atomic E-state index is 0. The molecule has 60 heavy (non-hydrogen) atoms. The first-order chi connectivity index (χ1) is 28.6. The number of rotatable bonds is 21. The number of unbranched alkanes of at least 4 members (excludes halogenated alkanes) is 3. The lowest BCUT2D eigenvalue weighted by Gasteiger charge is -2.14. The van der Waals surface area contributed by atoms with Crippen LogP contribution in [0.3, 0.4) is 0 Å². The van der Waals surface area contributed by atoms with Crippen molar-refractivity contribution in [2.45, 2.75) is 145 Å². The van der Waals surface area contributed by atoms with Crippen LogP contribution in [0.5, 0.6) is 0 Å². The molecular weight excluding hydrogens is 858 g/mol. The third kappa shape index (κ3) is 9.70. The fourth-order valence-corrected chi connectivity index (χ4v) is 16.2. The molecule has 0 fully saturated rings. The van der Waals surface area contributed by atoms with E-state index in [-0.39, 0.29) is 11.0 Å². The van der Waals surface area contributed by atoms with E-state index in [0.29, 0.717) is 29.7 Å². The molecule has 6 heterocycles. The van der Waals surface area contributed by atoms with Crippen molar-refractivity contribution in [3.05, 3.63) is 66.6 Å². The van der Waals surface area contributed by atoms with Crippen LogP contribution in [0.1, 0.15) is 154 Å². The van der Waals surface area contributed by atoms with Crippen LogP contribution in [-0.2, 0) is 11.2 Å². The monoisotopic (exact) mass is 921 g/mol. The average Bonchev–Trinajstić information content (AvgIpc) is 4.10. The molecule has 3 nitrogen and oxygen atoms in total. The minimum Gasteiger partial charge on any atom is -0.461 e. The van der Waals surface area contributed by atoms with E-state index >= 15 is 4.39 Å². The van der Waals surface area contributed by atoms with E-state index in [2.05, 4.69) is 84.9 Å². The van der Waals surface area contributed by atoms with E-state index < -0.39 is 11.8 Å². The lowest BCUT2D eigenvalue weighted by Crippen LogP contribution is -2.14. The Labute approximate surface area is 382 Å². The zero-order chi connectivity index (χ0) is 41.8. The van der Waals surface area contributed by atoms with Crippen LogP contribution in [0.25, 0.3) is 60.9 Å². The molecule has 1 aromatic carbocycles. The number of fused-ring (bicyclic) bond motifs is 3. The van der Waals surface area contributed by atoms with Gasteiger partial charge in [-0.15, -0.1) is 68.0 Å². The van der Waals surface area contributed by atoms with Crippen LogP contribution >= 0.6 is 68.0 Å². The molecule has 0 saturated carbocycles. The second-order valence-corrected chi connectivity index (χ2v) is 23.3. The molecular formula is C50H64FNO2S6. The second kappa shape index (κ2) is 21.3. The maximum absolute atomic E-state index is 16.3. The highest BCUT2D eigenvalue weighted by molar-refractivity contribution is 7.32. The van der Waals surface area contributed by atoms with Crippen molar-refractivity contribution >= 4 is 104 Å². The minimum atomic E-state index is -0.531. The molecule has 7 rings (SSSR count). The van der Waals surface area contributed by atoms with Gasteiger partial charge in [0.25, 0.3) is 0 Å². The van der Waals surface area contributed by atoms with Crippen molar-refractivity contribution in [2.75, 3.05) is 6.61 Å². The van der Waals surface area contributed by atoms with E-state index in [9.17, 15) is 4.79 Å². The molecule has 0 saturated heterocycles. The fourth-order valence-electron chi connectivity index (χ4n) is 8.63. The third-order valence-corrected chi connectivity index (χ3v) is 19.4. The molecule has 10 heteroatoms. The number of ether oxygens (including phenoxy) is 1. The number of esters is 1. The van der Waals surface area contributed by atoms with E-state index in [1.165, 1.54) is 112 Å². The van der Waals surface area contributed by atoms with E-state index in [0.717, 1.165) is 57.9 Å². The van der Waals surface area contributed by atoms with Crippen LogP contribution < -0.4 is 6.15 Å². The molecule has 3 unspecified atom stereocenters. The Morgan fingerprint density at radius 2 is 1.30 bits per heavy atom. The first-order valence-electron chi connectivity index (χ1n) is 22.2. The third-order valence-electron chi connectivity index (χ3n) is 12.3. The fraction of sp³-hybridized carbons (Fsp3) is 0.500. The van der Waals surface area contributed by atoms with Gasteiger partial charge in [0.2, 0.25) is 0 Å². The number of hydrogen-bond acceptors (Lipinski definition) is 9. The zero-order valence-corrected chi connectivity index (χ0v) is 41.8. The standard InChI is InChI=1S/C50H61FO2S6.H3N/c1-9-15-18-31(12-4)26-34-21-22-38(56-34)42-35-25-29(7)54-45(35)43(39-24-23-37(57-39)33(14-6)20-17-11-3)36-27-40(58-46(36)42)47-48-41(30(8)55-47)44(51)49(59-48)50(52)53-28-32(13-5)19-16-10-2;/h21-25,27,31-33H,9-20,26,28H2,1-8H3;1H3. The number of carbonyl (C=O) groups excluding carboxylic acids is 1. The molecule has 0 aliphatic rings. The number of halogens is 1. The Bertz CT molecular complexity index is 2510. The smallest absolute Gasteiger partial charge is 0.351 e. The maximum Gasteiger partial charge on any atom is 0.351 e. The number of benzene rings is 1. The van der Waals surface area contributed by atoms with Gasteiger partial charge in [-0.2, -0.15) is 0 Å². The molecule has 0 bridgehead atoms. The lowest BCUT2D eigenvalue weighted by atomic mass is 9.95. The average molecular weight is 922 g/mol. The summed E-state index contributed by atoms with van der Waals surface area (Å²) < 4.78 is 25.6. The Balaban J connectivity index is 0.00000604. The predicted octanol–water partition coefficient (Wildman–Crippen LogP) is 19.3. The Kier molecular flexibility index (Phi) is 16.7. The molecule has 7 aromatic rings. The summed E-state index contributed by atoms with van der Waals surface area (Å²) in [5, 5.41) is 3.19. The first kappa shape index (κ1) is 47.0. The van der Waals surface area contributed by atoms with Gasteiger partial charge in [-0.1, -0.05) is 99.3 Å². The summed E-state index contributed by atoms with van der Waals surface area (Å²) in [6.07, 6.45) is 15.2. The van der Waals surface area contributed by atoms with Gasteiger partial charge in [0, 0.05) is 70.8 Å². The second-order valence-electron chi connectivity index (χ2n) is 16.5. The van der Waals surface area contributed by atoms with Crippen molar-refractivity contribution in [2.24, 2.45) is 11.8 Å². The normalized spacial score (nSPS) is 13.4. The zero-order valence-electron chi connectivity index (χ0n) is 36.9. The Hall–Kier alpha value is -2.44. The molecule has 0 amide bonds. The van der Waals surface area contributed by atoms with Crippen LogP contribution in [0.15, 0.2) is 36.4 Å². The molecule has 3 N–H and O–H groups in total. The van der Waals surface area contributed by atoms with E-state index in [1.807, 2.05) is 52.3 Å². The van der Waals surface area contributed by atoms with Crippen molar-refractivity contribution in [1.29, 1.82) is 0 Å². The largest absolute Gasteiger partial charge is 0.461 e. The van der Waals surface area contributed by atoms with Gasteiger partial charge in [-0.3, -0.25) is 0 Å². The molecule has 324 valence electrons. The maximum atomic E-state index is 16.3. The molecule has 0 spiro atoms. The van der Waals surface area contributed by atoms with Gasteiger partial charge in [0.1, 0.15) is 4.88 Å². The van der Waals surface area contributed by atoms with Gasteiger partial charge in [0.05, 0.1) is 16.2 Å². The summed E-state index contributed by atoms with van der Waals surface area (Å²) >= 11 is 10.6. The van der Waals surface area contributed by atoms with Gasteiger partial charge >= 0.3 is 5.97 Å². The molecule has 3 atom stereocenters. The molecule has 6 aromatic heterocycles. The summed E-state index contributed by atoms with van der Waals surface area (Å²) in [7, 11) is 0. The SMILES string of the molecule is CCCCC(CC)COC(=O)c1sc2c(-c3cc4c(-c5ccc(C(CC)CCCC)s5)c5sc(C)cc5c(-c5ccc(CC(CC)CCCC)s5)c4s3)sc(C)c2c1F.N. The van der Waals surface area contributed by atoms with Gasteiger partial charge in [-0.05, 0) is 93.7 Å². The molecule has 0 radical (unpaired) electrons. The van der Waals surface area contributed by atoms with Crippen LogP contribution in [0.2, 0.25) is 0 Å². The van der Waals surface area contributed by atoms with E-state index in [1.54, 1.807) is 11.3 Å². The first-order valence-corrected chi connectivity index (χ1v) is 27.1. The summed E-state index contributed by atoms with van der Waals surface area (Å²) in [6, 6.07) is 14.3. The summed E-state index contributed by atoms with van der Waals surface area (Å²) in [5.41, 5.74) is 2.67. The Morgan fingerprint density at radius 3 is 1.98 bits per heavy atom. The number of aryl methyl sites for hydroxylation is 2. The van der Waals surface area contributed by atoms with Crippen LogP contribution in [0, 0.1) is 31.5 Å². The number of carbonyl (C=O) groups is 1. The molecule has 0 aliphatic carbocycles. The number of thiophene rings is 6. The van der Waals surface area contributed by atoms with E-state index in [4.69, 9.17) is 4.74 Å². The van der Waals surface area contributed by atoms with Crippen molar-refractivity contribution < 1.29 is 13.9 Å². The lowest BCUT2D eigenvalue weighted by molar-refractivity contribution is 0.0429. The summed E-state index contributed by atoms with van der Waals surface area (Å²) in [4.78, 5) is 23.6. The van der Waals surface area contributed by atoms with Gasteiger partial charge in [-0.25, -0.2) is 9.18 Å². The van der Waals surface area contributed by atoms with Crippen LogP contribution in [-0.4, -0.2) is 12.6 Å². The molecule has 0 aliphatic heterocycles. The van der Waals surface area contributed by atoms with Gasteiger partial charge in [0.15, 0.2) is 5.82 Å². The Morgan fingerprint density at radius 1 is 0.667 bits per heavy atom. The topological polar surface area (TPSA) is 61.3 Å². The van der Waals surface area contributed by atoms with Crippen molar-refractivity contribution in [1.82, 2.24) is 6.15 Å². The van der Waals surface area contributed by atoms with Gasteiger partial charge < -0.3 is 10.9 Å². The highest BCUT2D eigenvalue weighted by Crippen LogP contribution is 2.55. The summed E-state index contributed by atoms with van der Waals surface area (Å²) in [6.45, 7) is 18.2.